The number of aromatic nitrogens is 1. The van der Waals surface area contributed by atoms with Gasteiger partial charge in [0.15, 0.2) is 0 Å². The normalized spacial score (nSPS) is 15.4. The van der Waals surface area contributed by atoms with Gasteiger partial charge in [0.1, 0.15) is 0 Å². The van der Waals surface area contributed by atoms with E-state index in [-0.39, 0.29) is 18.4 Å². The smallest absolute Gasteiger partial charge is 0.256 e. The van der Waals surface area contributed by atoms with Crippen molar-refractivity contribution in [3.05, 3.63) is 42.1 Å². The summed E-state index contributed by atoms with van der Waals surface area (Å²) in [6.07, 6.45) is 1.67. The van der Waals surface area contributed by atoms with Crippen molar-refractivity contribution in [1.29, 1.82) is 0 Å². The van der Waals surface area contributed by atoms with Gasteiger partial charge in [0.05, 0.1) is 17.6 Å². The molecule has 0 unspecified atom stereocenters. The van der Waals surface area contributed by atoms with Gasteiger partial charge in [-0.05, 0) is 12.1 Å². The van der Waals surface area contributed by atoms with Crippen LogP contribution < -0.4 is 5.32 Å². The molecular weight excluding hydrogens is 242 g/mol. The number of carbonyl (C=O) groups excluding carboxylic acids is 2. The highest BCUT2D eigenvalue weighted by Gasteiger charge is 2.23. The Balaban J connectivity index is 1.99. The lowest BCUT2D eigenvalue weighted by Gasteiger charge is -2.26. The summed E-state index contributed by atoms with van der Waals surface area (Å²) in [5.74, 6) is -0.257. The Hall–Kier alpha value is -2.43. The standard InChI is InChI=1S/C14H13N3O2/c18-12-9-17(8-7-15-12)14(19)11-5-1-3-10-4-2-6-16-13(10)11/h1-6H,7-9H2,(H,15,18). The minimum absolute atomic E-state index is 0.113. The van der Waals surface area contributed by atoms with E-state index in [1.54, 1.807) is 17.2 Å². The first-order valence-corrected chi connectivity index (χ1v) is 6.15. The van der Waals surface area contributed by atoms with Crippen LogP contribution >= 0.6 is 0 Å². The first-order chi connectivity index (χ1) is 9.25. The number of nitrogens with one attached hydrogen (secondary N) is 1. The van der Waals surface area contributed by atoms with E-state index >= 15 is 0 Å². The number of fused-ring (bicyclic) bond motifs is 1. The quantitative estimate of drug-likeness (QED) is 0.820. The molecule has 5 nitrogen and oxygen atoms in total. The molecule has 1 N–H and O–H groups in total. The average molecular weight is 255 g/mol. The SMILES string of the molecule is O=C1CN(C(=O)c2cccc3cccnc23)CCN1. The fraction of sp³-hybridized carbons (Fsp3) is 0.214. The largest absolute Gasteiger partial charge is 0.353 e. The molecule has 1 fully saturated rings. The van der Waals surface area contributed by atoms with Crippen molar-refractivity contribution >= 4 is 22.7 Å². The Kier molecular flexibility index (Phi) is 2.87. The van der Waals surface area contributed by atoms with Gasteiger partial charge in [-0.25, -0.2) is 0 Å². The van der Waals surface area contributed by atoms with Gasteiger partial charge < -0.3 is 10.2 Å². The van der Waals surface area contributed by atoms with Crippen LogP contribution in [0.15, 0.2) is 36.5 Å². The van der Waals surface area contributed by atoms with Gasteiger partial charge >= 0.3 is 0 Å². The number of carbonyl (C=O) groups is 2. The predicted molar refractivity (Wildman–Crippen MR) is 70.7 cm³/mol. The Labute approximate surface area is 110 Å². The van der Waals surface area contributed by atoms with Crippen molar-refractivity contribution in [3.63, 3.8) is 0 Å². The van der Waals surface area contributed by atoms with Crippen LogP contribution in [0.2, 0.25) is 0 Å². The number of benzene rings is 1. The van der Waals surface area contributed by atoms with Crippen LogP contribution in [0.3, 0.4) is 0 Å². The second kappa shape index (κ2) is 4.68. The number of rotatable bonds is 1. The van der Waals surface area contributed by atoms with Gasteiger partial charge in [0.25, 0.3) is 5.91 Å². The Morgan fingerprint density at radius 3 is 2.95 bits per heavy atom. The van der Waals surface area contributed by atoms with Crippen molar-refractivity contribution < 1.29 is 9.59 Å². The van der Waals surface area contributed by atoms with Gasteiger partial charge in [-0.2, -0.15) is 0 Å². The number of nitrogens with zero attached hydrogens (tertiary/aromatic N) is 2. The van der Waals surface area contributed by atoms with Crippen molar-refractivity contribution in [2.75, 3.05) is 19.6 Å². The van der Waals surface area contributed by atoms with E-state index in [9.17, 15) is 9.59 Å². The molecule has 3 rings (SSSR count). The van der Waals surface area contributed by atoms with Crippen molar-refractivity contribution in [2.24, 2.45) is 0 Å². The van der Waals surface area contributed by atoms with E-state index in [1.807, 2.05) is 24.3 Å². The third-order valence-corrected chi connectivity index (χ3v) is 3.19. The lowest BCUT2D eigenvalue weighted by molar-refractivity contribution is -0.123. The number of para-hydroxylation sites is 1. The molecule has 1 saturated heterocycles. The van der Waals surface area contributed by atoms with Crippen LogP contribution in [0.4, 0.5) is 0 Å². The summed E-state index contributed by atoms with van der Waals surface area (Å²) >= 11 is 0. The van der Waals surface area contributed by atoms with E-state index in [2.05, 4.69) is 10.3 Å². The molecular formula is C14H13N3O2. The molecule has 0 aliphatic carbocycles. The minimum Gasteiger partial charge on any atom is -0.353 e. The molecule has 0 bridgehead atoms. The second-order valence-corrected chi connectivity index (χ2v) is 4.46. The predicted octanol–water partition coefficient (Wildman–Crippen LogP) is 0.807. The number of pyridine rings is 1. The number of amides is 2. The van der Waals surface area contributed by atoms with Crippen molar-refractivity contribution in [2.45, 2.75) is 0 Å². The molecule has 0 atom stereocenters. The first kappa shape index (κ1) is 11.6. The molecule has 0 radical (unpaired) electrons. The number of hydrogen-bond donors (Lipinski definition) is 1. The molecule has 1 aromatic heterocycles. The van der Waals surface area contributed by atoms with Crippen LogP contribution in [0.25, 0.3) is 10.9 Å². The molecule has 5 heteroatoms. The third-order valence-electron chi connectivity index (χ3n) is 3.19. The summed E-state index contributed by atoms with van der Waals surface area (Å²) < 4.78 is 0. The topological polar surface area (TPSA) is 62.3 Å². The maximum atomic E-state index is 12.5. The van der Waals surface area contributed by atoms with Crippen LogP contribution in [0, 0.1) is 0 Å². The Morgan fingerprint density at radius 2 is 2.11 bits per heavy atom. The van der Waals surface area contributed by atoms with Crippen LogP contribution in [-0.2, 0) is 4.79 Å². The van der Waals surface area contributed by atoms with Crippen LogP contribution in [-0.4, -0.2) is 41.3 Å². The zero-order valence-electron chi connectivity index (χ0n) is 10.3. The molecule has 0 spiro atoms. The highest BCUT2D eigenvalue weighted by Crippen LogP contribution is 2.17. The number of hydrogen-bond acceptors (Lipinski definition) is 3. The highest BCUT2D eigenvalue weighted by atomic mass is 16.2. The van der Waals surface area contributed by atoms with Gasteiger partial charge in [0.2, 0.25) is 5.91 Å². The average Bonchev–Trinajstić information content (AvgIpc) is 2.46. The molecule has 1 aliphatic heterocycles. The molecule has 1 aromatic carbocycles. The van der Waals surface area contributed by atoms with E-state index in [4.69, 9.17) is 0 Å². The van der Waals surface area contributed by atoms with Crippen molar-refractivity contribution in [3.8, 4) is 0 Å². The van der Waals surface area contributed by atoms with Gasteiger partial charge in [-0.15, -0.1) is 0 Å². The van der Waals surface area contributed by atoms with E-state index in [1.165, 1.54) is 0 Å². The van der Waals surface area contributed by atoms with E-state index in [0.29, 0.717) is 24.2 Å². The zero-order chi connectivity index (χ0) is 13.2. The molecule has 2 aromatic rings. The summed E-state index contributed by atoms with van der Waals surface area (Å²) in [4.78, 5) is 29.6. The molecule has 0 saturated carbocycles. The second-order valence-electron chi connectivity index (χ2n) is 4.46. The molecule has 2 heterocycles. The lowest BCUT2D eigenvalue weighted by Crippen LogP contribution is -2.50. The lowest BCUT2D eigenvalue weighted by atomic mass is 10.1. The maximum absolute atomic E-state index is 12.5. The Bertz CT molecular complexity index is 649. The molecule has 19 heavy (non-hydrogen) atoms. The fourth-order valence-corrected chi connectivity index (χ4v) is 2.26. The minimum atomic E-state index is -0.140. The van der Waals surface area contributed by atoms with Gasteiger partial charge in [0, 0.05) is 24.7 Å². The van der Waals surface area contributed by atoms with Crippen LogP contribution in [0.1, 0.15) is 10.4 Å². The monoisotopic (exact) mass is 255 g/mol. The van der Waals surface area contributed by atoms with Crippen molar-refractivity contribution in [1.82, 2.24) is 15.2 Å². The summed E-state index contributed by atoms with van der Waals surface area (Å²) in [5.41, 5.74) is 1.23. The maximum Gasteiger partial charge on any atom is 0.256 e. The summed E-state index contributed by atoms with van der Waals surface area (Å²) in [6, 6.07) is 9.26. The molecule has 1 aliphatic rings. The fourth-order valence-electron chi connectivity index (χ4n) is 2.26. The summed E-state index contributed by atoms with van der Waals surface area (Å²) in [7, 11) is 0. The summed E-state index contributed by atoms with van der Waals surface area (Å²) in [5, 5.41) is 3.63. The van der Waals surface area contributed by atoms with Crippen LogP contribution in [0.5, 0.6) is 0 Å². The van der Waals surface area contributed by atoms with Gasteiger partial charge in [-0.3, -0.25) is 14.6 Å². The third kappa shape index (κ3) is 2.14. The first-order valence-electron chi connectivity index (χ1n) is 6.15. The van der Waals surface area contributed by atoms with Gasteiger partial charge in [-0.1, -0.05) is 18.2 Å². The van der Waals surface area contributed by atoms with E-state index in [0.717, 1.165) is 5.39 Å². The summed E-state index contributed by atoms with van der Waals surface area (Å²) in [6.45, 7) is 1.15. The van der Waals surface area contributed by atoms with E-state index < -0.39 is 0 Å². The Morgan fingerprint density at radius 1 is 1.26 bits per heavy atom. The zero-order valence-corrected chi connectivity index (χ0v) is 10.3. The molecule has 96 valence electrons. The highest BCUT2D eigenvalue weighted by molar-refractivity contribution is 6.06. The molecule has 2 amide bonds. The number of piperazine rings is 1.